The van der Waals surface area contributed by atoms with E-state index in [4.69, 9.17) is 9.47 Å². The second-order valence-corrected chi connectivity index (χ2v) is 14.4. The molecule has 0 spiro atoms. The summed E-state index contributed by atoms with van der Waals surface area (Å²) in [6.45, 7) is 4.47. The summed E-state index contributed by atoms with van der Waals surface area (Å²) in [6, 6.07) is 31.8. The minimum Gasteiger partial charge on any atom is -0.392 e. The predicted octanol–water partition coefficient (Wildman–Crippen LogP) is 7.46. The number of aliphatic hydroxyl groups excluding tert-OH is 1. The second-order valence-electron chi connectivity index (χ2n) is 12.0. The van der Waals surface area contributed by atoms with Gasteiger partial charge < -0.3 is 19.9 Å². The van der Waals surface area contributed by atoms with Gasteiger partial charge in [0, 0.05) is 23.8 Å². The molecule has 0 bridgehead atoms. The highest BCUT2D eigenvalue weighted by molar-refractivity contribution is 8.01. The van der Waals surface area contributed by atoms with Gasteiger partial charge in [0.2, 0.25) is 0 Å². The fourth-order valence-electron chi connectivity index (χ4n) is 5.83. The van der Waals surface area contributed by atoms with E-state index in [0.29, 0.717) is 12.1 Å². The second kappa shape index (κ2) is 14.9. The number of aryl methyl sites for hydroxylation is 1. The average molecular weight is 690 g/mol. The molecule has 7 rings (SSSR count). The normalized spacial score (nSPS) is 19.2. The van der Waals surface area contributed by atoms with Crippen molar-refractivity contribution >= 4 is 40.0 Å². The molecule has 9 nitrogen and oxygen atoms in total. The third-order valence-electron chi connectivity index (χ3n) is 8.58. The molecule has 2 aromatic heterocycles. The summed E-state index contributed by atoms with van der Waals surface area (Å²) >= 11 is 3.24. The van der Waals surface area contributed by atoms with Crippen LogP contribution >= 0.6 is 23.1 Å². The molecule has 49 heavy (non-hydrogen) atoms. The Morgan fingerprint density at radius 1 is 0.878 bits per heavy atom. The lowest BCUT2D eigenvalue weighted by Crippen LogP contribution is -2.38. The van der Waals surface area contributed by atoms with E-state index >= 15 is 0 Å². The number of aliphatic hydroxyl groups is 1. The summed E-state index contributed by atoms with van der Waals surface area (Å²) in [4.78, 5) is 21.7. The monoisotopic (exact) mass is 689 g/mol. The Kier molecular flexibility index (Phi) is 10.1. The van der Waals surface area contributed by atoms with Crippen LogP contribution in [0.5, 0.6) is 0 Å². The maximum atomic E-state index is 12.9. The number of nitrogens with one attached hydrogen (secondary N) is 1. The van der Waals surface area contributed by atoms with Crippen LogP contribution in [0.1, 0.15) is 57.1 Å². The van der Waals surface area contributed by atoms with Crippen LogP contribution in [0.3, 0.4) is 0 Å². The minimum atomic E-state index is -0.561. The van der Waals surface area contributed by atoms with Crippen molar-refractivity contribution in [3.8, 4) is 11.1 Å². The van der Waals surface area contributed by atoms with Crippen molar-refractivity contribution in [2.24, 2.45) is 5.92 Å². The molecule has 1 aliphatic heterocycles. The lowest BCUT2D eigenvalue weighted by molar-refractivity contribution is -0.268. The topological polar surface area (TPSA) is 119 Å². The lowest BCUT2D eigenvalue weighted by Gasteiger charge is -2.41. The van der Waals surface area contributed by atoms with Crippen molar-refractivity contribution < 1.29 is 19.4 Å². The molecular formula is C38H35N5O4S2. The summed E-state index contributed by atoms with van der Waals surface area (Å²) in [7, 11) is 0. The zero-order chi connectivity index (χ0) is 33.7. The van der Waals surface area contributed by atoms with Crippen molar-refractivity contribution in [1.29, 1.82) is 0 Å². The molecule has 1 amide bonds. The van der Waals surface area contributed by atoms with E-state index in [-0.39, 0.29) is 36.3 Å². The van der Waals surface area contributed by atoms with E-state index in [0.717, 1.165) is 54.0 Å². The summed E-state index contributed by atoms with van der Waals surface area (Å²) in [5.41, 5.74) is 7.60. The molecule has 0 saturated carbocycles. The van der Waals surface area contributed by atoms with Crippen LogP contribution in [0, 0.1) is 12.8 Å². The van der Waals surface area contributed by atoms with Crippen molar-refractivity contribution in [2.75, 3.05) is 5.75 Å². The summed E-state index contributed by atoms with van der Waals surface area (Å²) in [6.07, 6.45) is 0.656. The van der Waals surface area contributed by atoms with Crippen LogP contribution in [0.2, 0.25) is 0 Å². The number of benzene rings is 4. The highest BCUT2D eigenvalue weighted by Gasteiger charge is 2.38. The summed E-state index contributed by atoms with van der Waals surface area (Å²) < 4.78 is 14.2. The Labute approximate surface area is 292 Å². The number of rotatable bonds is 10. The molecule has 1 aliphatic rings. The van der Waals surface area contributed by atoms with Gasteiger partial charge in [0.1, 0.15) is 10.7 Å². The van der Waals surface area contributed by atoms with Crippen LogP contribution in [0.4, 0.5) is 0 Å². The van der Waals surface area contributed by atoms with Gasteiger partial charge >= 0.3 is 0 Å². The Balaban J connectivity index is 1.05. The van der Waals surface area contributed by atoms with E-state index in [9.17, 15) is 9.90 Å². The Morgan fingerprint density at radius 3 is 2.41 bits per heavy atom. The Hall–Kier alpha value is -4.52. The molecule has 0 radical (unpaired) electrons. The van der Waals surface area contributed by atoms with Gasteiger partial charge in [-0.3, -0.25) is 9.78 Å². The maximum Gasteiger partial charge on any atom is 0.271 e. The predicted molar refractivity (Wildman–Crippen MR) is 191 cm³/mol. The smallest absolute Gasteiger partial charge is 0.271 e. The van der Waals surface area contributed by atoms with Gasteiger partial charge in [-0.1, -0.05) is 109 Å². The maximum absolute atomic E-state index is 12.9. The molecule has 0 unspecified atom stereocenters. The van der Waals surface area contributed by atoms with Gasteiger partial charge in [0.25, 0.3) is 5.91 Å². The molecule has 0 aliphatic carbocycles. The van der Waals surface area contributed by atoms with Crippen LogP contribution in [0.15, 0.2) is 108 Å². The van der Waals surface area contributed by atoms with Crippen molar-refractivity contribution in [1.82, 2.24) is 25.5 Å². The number of ether oxygens (including phenoxy) is 2. The third kappa shape index (κ3) is 7.71. The van der Waals surface area contributed by atoms with E-state index in [1.807, 2.05) is 79.7 Å². The zero-order valence-electron chi connectivity index (χ0n) is 27.0. The minimum absolute atomic E-state index is 0.00195. The summed E-state index contributed by atoms with van der Waals surface area (Å²) in [5.74, 6) is 0.525. The number of para-hydroxylation sites is 2. The van der Waals surface area contributed by atoms with E-state index < -0.39 is 6.29 Å². The van der Waals surface area contributed by atoms with Crippen LogP contribution < -0.4 is 5.32 Å². The molecule has 2 N–H and O–H groups in total. The van der Waals surface area contributed by atoms with Crippen molar-refractivity contribution in [3.05, 3.63) is 136 Å². The number of nitrogens with zero attached hydrogens (tertiary/aromatic N) is 4. The van der Waals surface area contributed by atoms with Gasteiger partial charge in [0.05, 0.1) is 36.0 Å². The zero-order valence-corrected chi connectivity index (χ0v) is 28.7. The van der Waals surface area contributed by atoms with E-state index in [1.54, 1.807) is 23.1 Å². The number of thioether (sulfide) groups is 1. The van der Waals surface area contributed by atoms with Gasteiger partial charge in [-0.15, -0.1) is 10.2 Å². The number of carbonyl (C=O) groups is 1. The summed E-state index contributed by atoms with van der Waals surface area (Å²) in [5, 5.41) is 21.9. The Bertz CT molecular complexity index is 2050. The highest BCUT2D eigenvalue weighted by atomic mass is 32.2. The molecule has 4 aromatic carbocycles. The first kappa shape index (κ1) is 33.0. The van der Waals surface area contributed by atoms with Gasteiger partial charge in [-0.2, -0.15) is 0 Å². The largest absolute Gasteiger partial charge is 0.392 e. The van der Waals surface area contributed by atoms with Crippen molar-refractivity contribution in [2.45, 2.75) is 49.8 Å². The first-order chi connectivity index (χ1) is 23.9. The van der Waals surface area contributed by atoms with Gasteiger partial charge in [-0.05, 0) is 52.9 Å². The number of carbonyl (C=O) groups excluding carboxylic acids is 1. The molecule has 11 heteroatoms. The van der Waals surface area contributed by atoms with Crippen LogP contribution in [0.25, 0.3) is 22.2 Å². The third-order valence-corrected chi connectivity index (χ3v) is 10.6. The highest BCUT2D eigenvalue weighted by Crippen LogP contribution is 2.43. The molecule has 6 aromatic rings. The standard InChI is InChI=1S/C38H35N5O4S2/c1-23-34(22-48-38-43-42-24(2)49-38)46-37(47-35(23)28-12-10-25(21-44)11-13-28)29-16-14-27(15-17-29)30-7-5-6-26(18-30)19-40-36(45)33-20-39-31-8-3-4-9-32(31)41-33/h3-18,20,23,34-35,37,44H,19,21-22H2,1-2H3,(H,40,45)/t23-,34+,35+,37+/m0/s1. The number of hydrogen-bond acceptors (Lipinski definition) is 10. The fourth-order valence-corrected chi connectivity index (χ4v) is 7.84. The van der Waals surface area contributed by atoms with Crippen LogP contribution in [-0.4, -0.2) is 43.0 Å². The molecule has 4 atom stereocenters. The first-order valence-corrected chi connectivity index (χ1v) is 17.9. The first-order valence-electron chi connectivity index (χ1n) is 16.1. The van der Waals surface area contributed by atoms with E-state index in [2.05, 4.69) is 56.7 Å². The van der Waals surface area contributed by atoms with Crippen molar-refractivity contribution in [3.63, 3.8) is 0 Å². The molecular weight excluding hydrogens is 655 g/mol. The number of amides is 1. The lowest BCUT2D eigenvalue weighted by atomic mass is 9.91. The average Bonchev–Trinajstić information content (AvgIpc) is 3.58. The quantitative estimate of drug-likeness (QED) is 0.141. The molecule has 3 heterocycles. The van der Waals surface area contributed by atoms with Crippen LogP contribution in [-0.2, 0) is 22.6 Å². The number of fused-ring (bicyclic) bond motifs is 1. The van der Waals surface area contributed by atoms with E-state index in [1.165, 1.54) is 6.20 Å². The number of hydrogen-bond donors (Lipinski definition) is 2. The Morgan fingerprint density at radius 2 is 1.65 bits per heavy atom. The SMILES string of the molecule is Cc1nnc(SC[C@H]2O[C@@H](c3ccc(-c4cccc(CNC(=O)c5cnc6ccccc6n5)c4)cc3)O[C@@H](c3ccc(CO)cc3)[C@H]2C)s1. The van der Waals surface area contributed by atoms with Gasteiger partial charge in [-0.25, -0.2) is 4.98 Å². The number of aromatic nitrogens is 4. The fraction of sp³-hybridized carbons (Fsp3) is 0.237. The molecule has 248 valence electrons. The molecule has 1 fully saturated rings. The molecule has 1 saturated heterocycles. The van der Waals surface area contributed by atoms with Gasteiger partial charge in [0.15, 0.2) is 10.6 Å².